The van der Waals surface area contributed by atoms with Gasteiger partial charge in [0.2, 0.25) is 0 Å². The number of aromatic nitrogens is 4. The van der Waals surface area contributed by atoms with Crippen LogP contribution in [0.15, 0.2) is 69.0 Å². The Kier molecular flexibility index (Phi) is 3.76. The van der Waals surface area contributed by atoms with E-state index in [0.717, 1.165) is 21.1 Å². The van der Waals surface area contributed by atoms with E-state index in [1.165, 1.54) is 16.2 Å². The summed E-state index contributed by atoms with van der Waals surface area (Å²) in [5.41, 5.74) is 2.05. The molecule has 0 spiro atoms. The third kappa shape index (κ3) is 2.38. The van der Waals surface area contributed by atoms with E-state index in [9.17, 15) is 14.4 Å². The molecule has 0 saturated heterocycles. The molecule has 0 radical (unpaired) electrons. The Labute approximate surface area is 170 Å². The molecule has 0 unspecified atom stereocenters. The highest BCUT2D eigenvalue weighted by atomic mass is 16.2. The summed E-state index contributed by atoms with van der Waals surface area (Å²) in [6.45, 7) is 0. The number of fused-ring (bicyclic) bond motifs is 4. The SMILES string of the molecule is Cn1c(=O)c2c3nc4ccc(-c5ccccc5)cc4cc3c(=O)n(C)c2n(C)c1=O. The second-order valence-electron chi connectivity index (χ2n) is 7.43. The van der Waals surface area contributed by atoms with E-state index in [1.807, 2.05) is 48.5 Å². The van der Waals surface area contributed by atoms with E-state index in [1.54, 1.807) is 20.2 Å². The van der Waals surface area contributed by atoms with Gasteiger partial charge in [-0.2, -0.15) is 0 Å². The van der Waals surface area contributed by atoms with Crippen molar-refractivity contribution in [1.29, 1.82) is 0 Å². The molecular weight excluding hydrogens is 380 g/mol. The lowest BCUT2D eigenvalue weighted by atomic mass is 10.0. The van der Waals surface area contributed by atoms with E-state index < -0.39 is 11.2 Å². The van der Waals surface area contributed by atoms with Crippen molar-refractivity contribution in [3.05, 3.63) is 85.8 Å². The maximum atomic E-state index is 13.1. The summed E-state index contributed by atoms with van der Waals surface area (Å²) in [5.74, 6) is 0. The smallest absolute Gasteiger partial charge is 0.296 e. The summed E-state index contributed by atoms with van der Waals surface area (Å²) in [6.07, 6.45) is 0. The Morgan fingerprint density at radius 1 is 0.733 bits per heavy atom. The Morgan fingerprint density at radius 3 is 2.20 bits per heavy atom. The summed E-state index contributed by atoms with van der Waals surface area (Å²) >= 11 is 0. The van der Waals surface area contributed by atoms with Gasteiger partial charge in [-0.3, -0.25) is 23.3 Å². The largest absolute Gasteiger partial charge is 0.332 e. The summed E-state index contributed by atoms with van der Waals surface area (Å²) in [7, 11) is 4.53. The second-order valence-corrected chi connectivity index (χ2v) is 7.43. The van der Waals surface area contributed by atoms with Crippen LogP contribution in [0.2, 0.25) is 0 Å². The van der Waals surface area contributed by atoms with Crippen molar-refractivity contribution in [2.24, 2.45) is 21.1 Å². The minimum absolute atomic E-state index is 0.255. The summed E-state index contributed by atoms with van der Waals surface area (Å²) in [4.78, 5) is 43.1. The van der Waals surface area contributed by atoms with Crippen LogP contribution in [0.3, 0.4) is 0 Å². The number of hydrogen-bond acceptors (Lipinski definition) is 4. The van der Waals surface area contributed by atoms with Crippen molar-refractivity contribution in [3.8, 4) is 11.1 Å². The maximum absolute atomic E-state index is 13.1. The average Bonchev–Trinajstić information content (AvgIpc) is 2.77. The highest BCUT2D eigenvalue weighted by Gasteiger charge is 2.18. The number of hydrogen-bond donors (Lipinski definition) is 0. The zero-order chi connectivity index (χ0) is 21.2. The van der Waals surface area contributed by atoms with Gasteiger partial charge in [0.25, 0.3) is 11.1 Å². The number of benzene rings is 2. The molecule has 0 fully saturated rings. The normalized spacial score (nSPS) is 11.6. The molecule has 0 atom stereocenters. The molecule has 5 rings (SSSR count). The molecule has 7 heteroatoms. The van der Waals surface area contributed by atoms with E-state index in [-0.39, 0.29) is 16.6 Å². The molecule has 5 aromatic rings. The molecule has 148 valence electrons. The van der Waals surface area contributed by atoms with Crippen LogP contribution in [-0.4, -0.2) is 18.7 Å². The average molecular weight is 398 g/mol. The van der Waals surface area contributed by atoms with Crippen molar-refractivity contribution in [2.75, 3.05) is 0 Å². The summed E-state index contributed by atoms with van der Waals surface area (Å²) < 4.78 is 3.69. The molecule has 0 N–H and O–H groups in total. The van der Waals surface area contributed by atoms with Crippen LogP contribution in [0.5, 0.6) is 0 Å². The van der Waals surface area contributed by atoms with Gasteiger partial charge < -0.3 is 0 Å². The van der Waals surface area contributed by atoms with Gasteiger partial charge in [0.05, 0.1) is 16.4 Å². The summed E-state index contributed by atoms with van der Waals surface area (Å²) in [6, 6.07) is 17.6. The molecule has 30 heavy (non-hydrogen) atoms. The Balaban J connectivity index is 1.96. The number of nitrogens with zero attached hydrogens (tertiary/aromatic N) is 4. The molecule has 0 aliphatic heterocycles. The van der Waals surface area contributed by atoms with Gasteiger partial charge in [-0.05, 0) is 29.3 Å². The maximum Gasteiger partial charge on any atom is 0.332 e. The lowest BCUT2D eigenvalue weighted by Gasteiger charge is -2.13. The van der Waals surface area contributed by atoms with Gasteiger partial charge in [0.1, 0.15) is 11.0 Å². The van der Waals surface area contributed by atoms with Crippen LogP contribution in [0, 0.1) is 0 Å². The van der Waals surface area contributed by atoms with E-state index in [4.69, 9.17) is 0 Å². The predicted octanol–water partition coefficient (Wildman–Crippen LogP) is 2.30. The first-order valence-corrected chi connectivity index (χ1v) is 9.47. The molecule has 3 aromatic heterocycles. The lowest BCUT2D eigenvalue weighted by Crippen LogP contribution is -2.39. The third-order valence-corrected chi connectivity index (χ3v) is 5.65. The molecule has 3 heterocycles. The minimum Gasteiger partial charge on any atom is -0.296 e. The van der Waals surface area contributed by atoms with E-state index in [2.05, 4.69) is 4.98 Å². The molecule has 2 aromatic carbocycles. The molecule has 0 bridgehead atoms. The Bertz CT molecular complexity index is 1680. The minimum atomic E-state index is -0.491. The Hall–Kier alpha value is -4.00. The zero-order valence-electron chi connectivity index (χ0n) is 16.7. The van der Waals surface area contributed by atoms with Gasteiger partial charge in [-0.15, -0.1) is 0 Å². The monoisotopic (exact) mass is 398 g/mol. The predicted molar refractivity (Wildman–Crippen MR) is 118 cm³/mol. The highest BCUT2D eigenvalue weighted by Crippen LogP contribution is 2.26. The lowest BCUT2D eigenvalue weighted by molar-refractivity contribution is 0.691. The van der Waals surface area contributed by atoms with Gasteiger partial charge in [0.15, 0.2) is 0 Å². The topological polar surface area (TPSA) is 78.9 Å². The Morgan fingerprint density at radius 2 is 1.47 bits per heavy atom. The molecule has 0 aliphatic rings. The van der Waals surface area contributed by atoms with Crippen molar-refractivity contribution >= 4 is 32.8 Å². The van der Waals surface area contributed by atoms with Gasteiger partial charge in [-0.1, -0.05) is 36.4 Å². The zero-order valence-corrected chi connectivity index (χ0v) is 16.7. The molecule has 0 amide bonds. The van der Waals surface area contributed by atoms with Crippen molar-refractivity contribution in [2.45, 2.75) is 0 Å². The second kappa shape index (κ2) is 6.25. The van der Waals surface area contributed by atoms with Crippen LogP contribution < -0.4 is 16.8 Å². The molecule has 0 saturated carbocycles. The number of pyridine rings is 2. The number of aryl methyl sites for hydroxylation is 2. The fraction of sp³-hybridized carbons (Fsp3) is 0.130. The quantitative estimate of drug-likeness (QED) is 0.321. The van der Waals surface area contributed by atoms with Crippen LogP contribution in [0.1, 0.15) is 0 Å². The van der Waals surface area contributed by atoms with Crippen LogP contribution in [0.25, 0.3) is 44.0 Å². The van der Waals surface area contributed by atoms with E-state index >= 15 is 0 Å². The van der Waals surface area contributed by atoms with Gasteiger partial charge in [0, 0.05) is 26.5 Å². The third-order valence-electron chi connectivity index (χ3n) is 5.65. The fourth-order valence-electron chi connectivity index (χ4n) is 4.05. The van der Waals surface area contributed by atoms with Crippen LogP contribution >= 0.6 is 0 Å². The van der Waals surface area contributed by atoms with Crippen molar-refractivity contribution in [1.82, 2.24) is 18.7 Å². The fourth-order valence-corrected chi connectivity index (χ4v) is 4.05. The molecule has 7 nitrogen and oxygen atoms in total. The van der Waals surface area contributed by atoms with Crippen LogP contribution in [-0.2, 0) is 21.1 Å². The van der Waals surface area contributed by atoms with Gasteiger partial charge >= 0.3 is 5.69 Å². The van der Waals surface area contributed by atoms with E-state index in [0.29, 0.717) is 16.4 Å². The van der Waals surface area contributed by atoms with Gasteiger partial charge in [-0.25, -0.2) is 9.78 Å². The van der Waals surface area contributed by atoms with Crippen LogP contribution in [0.4, 0.5) is 0 Å². The molecular formula is C23H18N4O3. The first-order valence-electron chi connectivity index (χ1n) is 9.47. The molecule has 0 aliphatic carbocycles. The van der Waals surface area contributed by atoms with Crippen molar-refractivity contribution in [3.63, 3.8) is 0 Å². The van der Waals surface area contributed by atoms with Crippen molar-refractivity contribution < 1.29 is 0 Å². The number of rotatable bonds is 1. The summed E-state index contributed by atoms with van der Waals surface area (Å²) in [5, 5.41) is 1.41. The standard InChI is InChI=1S/C23H18N4O3/c1-25-20-18(22(29)27(3)23(30)26(20)2)19-16(21(25)28)12-15-11-14(9-10-17(15)24-19)13-7-5-4-6-8-13/h4-12H,1-3H3. The first kappa shape index (κ1) is 18.1. The highest BCUT2D eigenvalue weighted by molar-refractivity contribution is 6.06. The first-order chi connectivity index (χ1) is 14.4.